The number of amides is 1. The van der Waals surface area contributed by atoms with Crippen LogP contribution < -0.4 is 0 Å². The first-order valence-electron chi connectivity index (χ1n) is 8.92. The topological polar surface area (TPSA) is 64.2 Å². The summed E-state index contributed by atoms with van der Waals surface area (Å²) in [5, 5.41) is 9.36. The van der Waals surface area contributed by atoms with Gasteiger partial charge in [-0.25, -0.2) is 0 Å². The SMILES string of the molecule is CC(C)Cn1c(SCC(=O)N2CCC(C)CC2)nnc1-c1ccco1. The van der Waals surface area contributed by atoms with Crippen LogP contribution in [0.3, 0.4) is 0 Å². The number of carbonyl (C=O) groups excluding carboxylic acids is 1. The molecule has 3 heterocycles. The number of piperidine rings is 1. The number of hydrogen-bond acceptors (Lipinski definition) is 5. The maximum absolute atomic E-state index is 12.5. The maximum atomic E-state index is 12.5. The second-order valence-corrected chi connectivity index (χ2v) is 8.08. The molecular weight excluding hydrogens is 336 g/mol. The molecule has 25 heavy (non-hydrogen) atoms. The zero-order chi connectivity index (χ0) is 17.8. The first-order chi connectivity index (χ1) is 12.0. The molecule has 0 aliphatic carbocycles. The standard InChI is InChI=1S/C18H26N4O2S/c1-13(2)11-22-17(15-5-4-10-24-15)19-20-18(22)25-12-16(23)21-8-6-14(3)7-9-21/h4-5,10,13-14H,6-9,11-12H2,1-3H3. The van der Waals surface area contributed by atoms with E-state index in [0.717, 1.165) is 49.4 Å². The van der Waals surface area contributed by atoms with Crippen LogP contribution in [0.2, 0.25) is 0 Å². The Bertz CT molecular complexity index is 688. The molecule has 0 spiro atoms. The normalized spacial score (nSPS) is 15.9. The van der Waals surface area contributed by atoms with Crippen molar-refractivity contribution >= 4 is 17.7 Å². The molecule has 0 bridgehead atoms. The highest BCUT2D eigenvalue weighted by molar-refractivity contribution is 7.99. The van der Waals surface area contributed by atoms with Crippen LogP contribution in [0.15, 0.2) is 28.0 Å². The average Bonchev–Trinajstić information content (AvgIpc) is 3.22. The van der Waals surface area contributed by atoms with Gasteiger partial charge in [0.2, 0.25) is 5.91 Å². The Labute approximate surface area is 153 Å². The van der Waals surface area contributed by atoms with E-state index in [1.165, 1.54) is 11.8 Å². The first-order valence-corrected chi connectivity index (χ1v) is 9.90. The number of furan rings is 1. The van der Waals surface area contributed by atoms with E-state index in [1.54, 1.807) is 6.26 Å². The molecule has 0 saturated carbocycles. The van der Waals surface area contributed by atoms with Crippen molar-refractivity contribution in [3.63, 3.8) is 0 Å². The Morgan fingerprint density at radius 2 is 2.12 bits per heavy atom. The van der Waals surface area contributed by atoms with Gasteiger partial charge in [-0.1, -0.05) is 32.5 Å². The van der Waals surface area contributed by atoms with Crippen molar-refractivity contribution in [1.82, 2.24) is 19.7 Å². The number of hydrogen-bond donors (Lipinski definition) is 0. The Kier molecular flexibility index (Phi) is 5.83. The van der Waals surface area contributed by atoms with Crippen LogP contribution in [0, 0.1) is 11.8 Å². The first kappa shape index (κ1) is 18.0. The molecule has 0 N–H and O–H groups in total. The number of thioether (sulfide) groups is 1. The Balaban J connectivity index is 1.68. The Morgan fingerprint density at radius 3 is 2.76 bits per heavy atom. The molecule has 1 amide bonds. The van der Waals surface area contributed by atoms with Gasteiger partial charge in [-0.2, -0.15) is 0 Å². The lowest BCUT2D eigenvalue weighted by molar-refractivity contribution is -0.129. The molecule has 2 aromatic rings. The highest BCUT2D eigenvalue weighted by Crippen LogP contribution is 2.26. The van der Waals surface area contributed by atoms with Gasteiger partial charge in [0.05, 0.1) is 12.0 Å². The largest absolute Gasteiger partial charge is 0.461 e. The second-order valence-electron chi connectivity index (χ2n) is 7.14. The van der Waals surface area contributed by atoms with Crippen molar-refractivity contribution in [2.45, 2.75) is 45.3 Å². The fourth-order valence-corrected chi connectivity index (χ4v) is 3.84. The van der Waals surface area contributed by atoms with Gasteiger partial charge in [0, 0.05) is 19.6 Å². The molecule has 0 aromatic carbocycles. The van der Waals surface area contributed by atoms with Gasteiger partial charge in [-0.15, -0.1) is 10.2 Å². The third-order valence-electron chi connectivity index (χ3n) is 4.47. The van der Waals surface area contributed by atoms with Crippen LogP contribution in [-0.2, 0) is 11.3 Å². The summed E-state index contributed by atoms with van der Waals surface area (Å²) < 4.78 is 7.53. The van der Waals surface area contributed by atoms with E-state index in [1.807, 2.05) is 17.0 Å². The van der Waals surface area contributed by atoms with Gasteiger partial charge in [-0.05, 0) is 36.8 Å². The molecule has 7 heteroatoms. The van der Waals surface area contributed by atoms with E-state index in [2.05, 4.69) is 35.5 Å². The number of aromatic nitrogens is 3. The molecule has 3 rings (SSSR count). The summed E-state index contributed by atoms with van der Waals surface area (Å²) in [5.74, 6) is 3.19. The molecule has 1 saturated heterocycles. The van der Waals surface area contributed by atoms with Crippen LogP contribution >= 0.6 is 11.8 Å². The van der Waals surface area contributed by atoms with Crippen molar-refractivity contribution in [1.29, 1.82) is 0 Å². The Hall–Kier alpha value is -1.76. The van der Waals surface area contributed by atoms with Gasteiger partial charge in [0.15, 0.2) is 16.7 Å². The predicted octanol–water partition coefficient (Wildman–Crippen LogP) is 3.54. The quantitative estimate of drug-likeness (QED) is 0.736. The fraction of sp³-hybridized carbons (Fsp3) is 0.611. The molecule has 1 aliphatic rings. The van der Waals surface area contributed by atoms with E-state index in [9.17, 15) is 4.79 Å². The van der Waals surface area contributed by atoms with Crippen molar-refractivity contribution in [3.8, 4) is 11.6 Å². The van der Waals surface area contributed by atoms with Crippen molar-refractivity contribution in [3.05, 3.63) is 18.4 Å². The predicted molar refractivity (Wildman–Crippen MR) is 98.3 cm³/mol. The van der Waals surface area contributed by atoms with E-state index < -0.39 is 0 Å². The third kappa shape index (κ3) is 4.45. The smallest absolute Gasteiger partial charge is 0.233 e. The zero-order valence-electron chi connectivity index (χ0n) is 15.1. The lowest BCUT2D eigenvalue weighted by Gasteiger charge is -2.30. The lowest BCUT2D eigenvalue weighted by atomic mass is 9.99. The second kappa shape index (κ2) is 8.08. The average molecular weight is 362 g/mol. The summed E-state index contributed by atoms with van der Waals surface area (Å²) in [4.78, 5) is 14.5. The molecule has 2 aromatic heterocycles. The monoisotopic (exact) mass is 362 g/mol. The lowest BCUT2D eigenvalue weighted by Crippen LogP contribution is -2.38. The summed E-state index contributed by atoms with van der Waals surface area (Å²) in [5.41, 5.74) is 0. The third-order valence-corrected chi connectivity index (χ3v) is 5.42. The highest BCUT2D eigenvalue weighted by Gasteiger charge is 2.22. The minimum Gasteiger partial charge on any atom is -0.461 e. The molecule has 136 valence electrons. The van der Waals surface area contributed by atoms with Gasteiger partial charge >= 0.3 is 0 Å². The number of rotatable bonds is 6. The van der Waals surface area contributed by atoms with Crippen LogP contribution in [-0.4, -0.2) is 44.4 Å². The van der Waals surface area contributed by atoms with Crippen LogP contribution in [0.25, 0.3) is 11.6 Å². The van der Waals surface area contributed by atoms with Gasteiger partial charge < -0.3 is 9.32 Å². The molecule has 1 aliphatic heterocycles. The molecule has 0 unspecified atom stereocenters. The van der Waals surface area contributed by atoms with Crippen molar-refractivity contribution in [2.24, 2.45) is 11.8 Å². The van der Waals surface area contributed by atoms with E-state index >= 15 is 0 Å². The molecular formula is C18H26N4O2S. The minimum absolute atomic E-state index is 0.190. The Morgan fingerprint density at radius 1 is 1.36 bits per heavy atom. The highest BCUT2D eigenvalue weighted by atomic mass is 32.2. The van der Waals surface area contributed by atoms with E-state index in [4.69, 9.17) is 4.42 Å². The number of nitrogens with zero attached hydrogens (tertiary/aromatic N) is 4. The van der Waals surface area contributed by atoms with Gasteiger partial charge in [-0.3, -0.25) is 9.36 Å². The molecule has 0 atom stereocenters. The van der Waals surface area contributed by atoms with Crippen LogP contribution in [0.4, 0.5) is 0 Å². The summed E-state index contributed by atoms with van der Waals surface area (Å²) in [7, 11) is 0. The molecule has 6 nitrogen and oxygen atoms in total. The fourth-order valence-electron chi connectivity index (χ4n) is 2.99. The minimum atomic E-state index is 0.190. The molecule has 1 fully saturated rings. The van der Waals surface area contributed by atoms with Crippen LogP contribution in [0.5, 0.6) is 0 Å². The van der Waals surface area contributed by atoms with E-state index in [0.29, 0.717) is 17.4 Å². The van der Waals surface area contributed by atoms with Crippen molar-refractivity contribution < 1.29 is 9.21 Å². The van der Waals surface area contributed by atoms with Gasteiger partial charge in [0.25, 0.3) is 0 Å². The van der Waals surface area contributed by atoms with Crippen LogP contribution in [0.1, 0.15) is 33.6 Å². The summed E-state index contributed by atoms with van der Waals surface area (Å²) >= 11 is 1.47. The number of likely N-dealkylation sites (tertiary alicyclic amines) is 1. The number of carbonyl (C=O) groups is 1. The van der Waals surface area contributed by atoms with E-state index in [-0.39, 0.29) is 5.91 Å². The maximum Gasteiger partial charge on any atom is 0.233 e. The molecule has 0 radical (unpaired) electrons. The summed E-state index contributed by atoms with van der Waals surface area (Å²) in [6, 6.07) is 3.73. The summed E-state index contributed by atoms with van der Waals surface area (Å²) in [6.45, 7) is 9.09. The van der Waals surface area contributed by atoms with Crippen molar-refractivity contribution in [2.75, 3.05) is 18.8 Å². The van der Waals surface area contributed by atoms with Gasteiger partial charge in [0.1, 0.15) is 0 Å². The zero-order valence-corrected chi connectivity index (χ0v) is 16.0. The summed E-state index contributed by atoms with van der Waals surface area (Å²) in [6.07, 6.45) is 3.84.